The highest BCUT2D eigenvalue weighted by molar-refractivity contribution is 5.03. The Labute approximate surface area is 98.6 Å². The van der Waals surface area contributed by atoms with Crippen LogP contribution in [-0.4, -0.2) is 17.3 Å². The Morgan fingerprint density at radius 2 is 1.56 bits per heavy atom. The minimum absolute atomic E-state index is 0.503. The van der Waals surface area contributed by atoms with Gasteiger partial charge in [0.2, 0.25) is 0 Å². The van der Waals surface area contributed by atoms with Crippen LogP contribution in [0.1, 0.15) is 45.4 Å². The lowest BCUT2D eigenvalue weighted by molar-refractivity contribution is -0.136. The van der Waals surface area contributed by atoms with E-state index < -0.39 is 5.60 Å². The minimum Gasteiger partial charge on any atom is -0.390 e. The van der Waals surface area contributed by atoms with E-state index in [0.717, 1.165) is 30.1 Å². The molecule has 0 amide bonds. The molecule has 0 aliphatic heterocycles. The van der Waals surface area contributed by atoms with Gasteiger partial charge in [-0.05, 0) is 81.6 Å². The zero-order valence-electron chi connectivity index (χ0n) is 10.4. The Kier molecular flexibility index (Phi) is 2.56. The zero-order chi connectivity index (χ0) is 11.3. The highest BCUT2D eigenvalue weighted by Crippen LogP contribution is 2.59. The lowest BCUT2D eigenvalue weighted by Gasteiger charge is -2.58. The van der Waals surface area contributed by atoms with Crippen molar-refractivity contribution in [1.29, 1.82) is 0 Å². The summed E-state index contributed by atoms with van der Waals surface area (Å²) < 4.78 is 0. The van der Waals surface area contributed by atoms with Crippen molar-refractivity contribution in [1.82, 2.24) is 0 Å². The fraction of sp³-hybridized carbons (Fsp3) is 1.00. The maximum absolute atomic E-state index is 10.7. The number of aliphatic hydroxyl groups is 1. The van der Waals surface area contributed by atoms with Crippen LogP contribution in [0.5, 0.6) is 0 Å². The van der Waals surface area contributed by atoms with Crippen LogP contribution in [0.25, 0.3) is 0 Å². The van der Waals surface area contributed by atoms with Crippen molar-refractivity contribution in [2.24, 2.45) is 35.3 Å². The van der Waals surface area contributed by atoms with Gasteiger partial charge in [-0.3, -0.25) is 0 Å². The molecule has 4 aliphatic rings. The molecular weight excluding hydrogens is 198 g/mol. The average molecular weight is 223 g/mol. The van der Waals surface area contributed by atoms with Crippen molar-refractivity contribution < 1.29 is 5.11 Å². The van der Waals surface area contributed by atoms with Crippen LogP contribution in [-0.2, 0) is 0 Å². The van der Waals surface area contributed by atoms with E-state index in [1.54, 1.807) is 0 Å². The van der Waals surface area contributed by atoms with Crippen LogP contribution < -0.4 is 5.73 Å². The van der Waals surface area contributed by atoms with Gasteiger partial charge in [0.1, 0.15) is 0 Å². The maximum atomic E-state index is 10.7. The largest absolute Gasteiger partial charge is 0.390 e. The predicted octanol–water partition coefficient (Wildman–Crippen LogP) is 2.16. The molecular formula is C14H25NO. The van der Waals surface area contributed by atoms with Gasteiger partial charge < -0.3 is 10.8 Å². The molecule has 0 radical (unpaired) electrons. The highest BCUT2D eigenvalue weighted by Gasteiger charge is 2.53. The van der Waals surface area contributed by atoms with Crippen LogP contribution in [0.3, 0.4) is 0 Å². The molecule has 0 aromatic rings. The first-order valence-electron chi connectivity index (χ1n) is 7.02. The van der Waals surface area contributed by atoms with Gasteiger partial charge in [0.15, 0.2) is 0 Å². The second-order valence-electron chi connectivity index (χ2n) is 6.85. The van der Waals surface area contributed by atoms with Crippen LogP contribution >= 0.6 is 0 Å². The van der Waals surface area contributed by atoms with E-state index in [1.165, 1.54) is 32.1 Å². The summed E-state index contributed by atoms with van der Waals surface area (Å²) in [5, 5.41) is 10.7. The smallest absolute Gasteiger partial charge is 0.0665 e. The van der Waals surface area contributed by atoms with E-state index in [1.807, 2.05) is 6.92 Å². The van der Waals surface area contributed by atoms with Crippen molar-refractivity contribution >= 4 is 0 Å². The summed E-state index contributed by atoms with van der Waals surface area (Å²) in [5.74, 6) is 4.14. The molecule has 0 aromatic heterocycles. The van der Waals surface area contributed by atoms with E-state index >= 15 is 0 Å². The molecule has 0 heterocycles. The lowest BCUT2D eigenvalue weighted by Crippen LogP contribution is -2.54. The van der Waals surface area contributed by atoms with Crippen molar-refractivity contribution in [3.8, 4) is 0 Å². The first-order chi connectivity index (χ1) is 7.60. The zero-order valence-corrected chi connectivity index (χ0v) is 10.4. The summed E-state index contributed by atoms with van der Waals surface area (Å²) >= 11 is 0. The summed E-state index contributed by atoms with van der Waals surface area (Å²) in [6, 6.07) is 0. The molecule has 2 heteroatoms. The summed E-state index contributed by atoms with van der Waals surface area (Å²) in [4.78, 5) is 0. The average Bonchev–Trinajstić information content (AvgIpc) is 2.14. The van der Waals surface area contributed by atoms with Crippen molar-refractivity contribution in [3.63, 3.8) is 0 Å². The molecule has 4 saturated carbocycles. The van der Waals surface area contributed by atoms with E-state index in [0.29, 0.717) is 12.5 Å². The lowest BCUT2D eigenvalue weighted by atomic mass is 9.48. The van der Waals surface area contributed by atoms with Gasteiger partial charge in [-0.15, -0.1) is 0 Å². The van der Waals surface area contributed by atoms with E-state index in [2.05, 4.69) is 0 Å². The fourth-order valence-electron chi connectivity index (χ4n) is 5.40. The Balaban J connectivity index is 1.81. The molecule has 1 unspecified atom stereocenters. The molecule has 2 nitrogen and oxygen atoms in total. The third-order valence-corrected chi connectivity index (χ3v) is 5.60. The second-order valence-corrected chi connectivity index (χ2v) is 6.85. The third kappa shape index (κ3) is 1.62. The van der Waals surface area contributed by atoms with Gasteiger partial charge >= 0.3 is 0 Å². The Morgan fingerprint density at radius 1 is 1.06 bits per heavy atom. The topological polar surface area (TPSA) is 46.2 Å². The van der Waals surface area contributed by atoms with Crippen molar-refractivity contribution in [3.05, 3.63) is 0 Å². The molecule has 4 rings (SSSR count). The fourth-order valence-corrected chi connectivity index (χ4v) is 5.40. The van der Waals surface area contributed by atoms with Crippen LogP contribution in [0.15, 0.2) is 0 Å². The molecule has 4 bridgehead atoms. The molecule has 92 valence electrons. The SMILES string of the molecule is CC(O)(CCN)C1C2CC3CC(C2)CC1C3. The number of hydrogen-bond donors (Lipinski definition) is 2. The number of hydrogen-bond acceptors (Lipinski definition) is 2. The standard InChI is InChI=1S/C14H25NO/c1-14(16,2-3-15)13-11-5-9-4-10(7-11)8-12(13)6-9/h9-13,16H,2-8,15H2,1H3. The molecule has 0 aromatic carbocycles. The van der Waals surface area contributed by atoms with E-state index in [9.17, 15) is 5.11 Å². The molecule has 0 spiro atoms. The van der Waals surface area contributed by atoms with Gasteiger partial charge in [0.25, 0.3) is 0 Å². The van der Waals surface area contributed by atoms with Crippen molar-refractivity contribution in [2.45, 2.75) is 51.0 Å². The van der Waals surface area contributed by atoms with Crippen LogP contribution in [0.2, 0.25) is 0 Å². The number of rotatable bonds is 3. The predicted molar refractivity (Wildman–Crippen MR) is 64.8 cm³/mol. The van der Waals surface area contributed by atoms with E-state index in [4.69, 9.17) is 5.73 Å². The van der Waals surface area contributed by atoms with Crippen molar-refractivity contribution in [2.75, 3.05) is 6.54 Å². The summed E-state index contributed by atoms with van der Waals surface area (Å²) in [6.07, 6.45) is 7.81. The first-order valence-corrected chi connectivity index (χ1v) is 7.02. The summed E-state index contributed by atoms with van der Waals surface area (Å²) in [6.45, 7) is 2.66. The van der Waals surface area contributed by atoms with Gasteiger partial charge in [-0.1, -0.05) is 0 Å². The van der Waals surface area contributed by atoms with Crippen LogP contribution in [0.4, 0.5) is 0 Å². The molecule has 1 atom stereocenters. The molecule has 4 fully saturated rings. The molecule has 4 aliphatic carbocycles. The quantitative estimate of drug-likeness (QED) is 0.770. The van der Waals surface area contributed by atoms with Gasteiger partial charge in [-0.2, -0.15) is 0 Å². The normalized spacial score (nSPS) is 49.3. The summed E-state index contributed by atoms with van der Waals surface area (Å²) in [7, 11) is 0. The Morgan fingerprint density at radius 3 is 2.00 bits per heavy atom. The molecule has 16 heavy (non-hydrogen) atoms. The van der Waals surface area contributed by atoms with Gasteiger partial charge in [0, 0.05) is 0 Å². The molecule has 3 N–H and O–H groups in total. The van der Waals surface area contributed by atoms with Gasteiger partial charge in [0.05, 0.1) is 5.60 Å². The first kappa shape index (κ1) is 11.0. The van der Waals surface area contributed by atoms with E-state index in [-0.39, 0.29) is 0 Å². The Bertz CT molecular complexity index is 246. The molecule has 0 saturated heterocycles. The highest BCUT2D eigenvalue weighted by atomic mass is 16.3. The monoisotopic (exact) mass is 223 g/mol. The minimum atomic E-state index is -0.503. The summed E-state index contributed by atoms with van der Waals surface area (Å²) in [5.41, 5.74) is 5.15. The van der Waals surface area contributed by atoms with Gasteiger partial charge in [-0.25, -0.2) is 0 Å². The number of nitrogens with two attached hydrogens (primary N) is 1. The van der Waals surface area contributed by atoms with Crippen LogP contribution in [0, 0.1) is 29.6 Å². The second kappa shape index (κ2) is 3.71. The maximum Gasteiger partial charge on any atom is 0.0665 e. The third-order valence-electron chi connectivity index (χ3n) is 5.60. The Hall–Kier alpha value is -0.0800.